The van der Waals surface area contributed by atoms with E-state index in [1.165, 1.54) is 6.33 Å². The first-order valence-electron chi connectivity index (χ1n) is 5.53. The minimum absolute atomic E-state index is 0.169. The summed E-state index contributed by atoms with van der Waals surface area (Å²) in [5.41, 5.74) is 8.26. The molecule has 0 aromatic carbocycles. The van der Waals surface area contributed by atoms with Gasteiger partial charge in [-0.05, 0) is 5.92 Å². The summed E-state index contributed by atoms with van der Waals surface area (Å²) in [6.07, 6.45) is 0.603. The molecule has 8 nitrogen and oxygen atoms in total. The molecule has 1 rings (SSSR count). The Morgan fingerprint density at radius 3 is 2.67 bits per heavy atom. The fraction of sp³-hybridized carbons (Fsp3) is 0.500. The van der Waals surface area contributed by atoms with Crippen LogP contribution in [0.25, 0.3) is 0 Å². The lowest BCUT2D eigenvalue weighted by Crippen LogP contribution is -2.20. The molecule has 1 aromatic heterocycles. The summed E-state index contributed by atoms with van der Waals surface area (Å²) < 4.78 is 4.61. The van der Waals surface area contributed by atoms with E-state index in [4.69, 9.17) is 11.6 Å². The van der Waals surface area contributed by atoms with Gasteiger partial charge in [0.05, 0.1) is 6.54 Å². The van der Waals surface area contributed by atoms with E-state index in [1.54, 1.807) is 0 Å². The zero-order valence-corrected chi connectivity index (χ0v) is 10.4. The van der Waals surface area contributed by atoms with E-state index in [0.717, 1.165) is 5.56 Å². The highest BCUT2D eigenvalue weighted by Crippen LogP contribution is 2.27. The van der Waals surface area contributed by atoms with Gasteiger partial charge in [-0.3, -0.25) is 0 Å². The van der Waals surface area contributed by atoms with Crippen LogP contribution in [0.5, 0.6) is 0 Å². The van der Waals surface area contributed by atoms with Gasteiger partial charge in [0.25, 0.3) is 0 Å². The SMILES string of the molecule is CC(C)c1c(NN)ncnc1NCCOC(N)=O. The third kappa shape index (κ3) is 3.74. The number of ether oxygens (including phenoxy) is 1. The minimum Gasteiger partial charge on any atom is -0.448 e. The van der Waals surface area contributed by atoms with Crippen molar-refractivity contribution in [1.29, 1.82) is 0 Å². The Bertz CT molecular complexity index is 409. The van der Waals surface area contributed by atoms with Crippen LogP contribution in [0.15, 0.2) is 6.33 Å². The van der Waals surface area contributed by atoms with Gasteiger partial charge in [0.2, 0.25) is 0 Å². The molecule has 0 spiro atoms. The highest BCUT2D eigenvalue weighted by molar-refractivity contribution is 5.64. The van der Waals surface area contributed by atoms with E-state index in [0.29, 0.717) is 18.2 Å². The van der Waals surface area contributed by atoms with E-state index < -0.39 is 6.09 Å². The number of aromatic nitrogens is 2. The van der Waals surface area contributed by atoms with Crippen molar-refractivity contribution in [3.63, 3.8) is 0 Å². The second-order valence-electron chi connectivity index (χ2n) is 3.88. The molecule has 0 fully saturated rings. The fourth-order valence-electron chi connectivity index (χ4n) is 1.52. The molecular weight excluding hydrogens is 236 g/mol. The van der Waals surface area contributed by atoms with Gasteiger partial charge in [-0.1, -0.05) is 13.8 Å². The Kier molecular flexibility index (Phi) is 5.12. The molecule has 18 heavy (non-hydrogen) atoms. The predicted molar refractivity (Wildman–Crippen MR) is 68.0 cm³/mol. The molecule has 0 saturated carbocycles. The van der Waals surface area contributed by atoms with E-state index in [-0.39, 0.29) is 12.5 Å². The van der Waals surface area contributed by atoms with Crippen LogP contribution >= 0.6 is 0 Å². The van der Waals surface area contributed by atoms with Crippen LogP contribution in [0.3, 0.4) is 0 Å². The molecule has 8 heteroatoms. The third-order valence-electron chi connectivity index (χ3n) is 2.24. The average molecular weight is 254 g/mol. The van der Waals surface area contributed by atoms with Crippen LogP contribution in [-0.2, 0) is 4.74 Å². The van der Waals surface area contributed by atoms with Crippen LogP contribution < -0.4 is 22.3 Å². The molecule has 0 aliphatic heterocycles. The third-order valence-corrected chi connectivity index (χ3v) is 2.24. The number of carbonyl (C=O) groups is 1. The normalized spacial score (nSPS) is 10.2. The smallest absolute Gasteiger partial charge is 0.404 e. The Balaban J connectivity index is 2.72. The molecule has 0 unspecified atom stereocenters. The van der Waals surface area contributed by atoms with E-state index in [1.807, 2.05) is 13.8 Å². The molecule has 1 heterocycles. The summed E-state index contributed by atoms with van der Waals surface area (Å²) in [5, 5.41) is 3.05. The summed E-state index contributed by atoms with van der Waals surface area (Å²) in [6.45, 7) is 4.58. The largest absolute Gasteiger partial charge is 0.448 e. The number of nitrogens with zero attached hydrogens (tertiary/aromatic N) is 2. The van der Waals surface area contributed by atoms with Gasteiger partial charge in [-0.25, -0.2) is 20.6 Å². The number of nitrogens with one attached hydrogen (secondary N) is 2. The topological polar surface area (TPSA) is 128 Å². The zero-order valence-electron chi connectivity index (χ0n) is 10.4. The van der Waals surface area contributed by atoms with Crippen molar-refractivity contribution in [2.45, 2.75) is 19.8 Å². The van der Waals surface area contributed by atoms with Crippen LogP contribution in [0.1, 0.15) is 25.3 Å². The average Bonchev–Trinajstić information content (AvgIpc) is 2.33. The maximum Gasteiger partial charge on any atom is 0.404 e. The standard InChI is InChI=1S/C10H18N6O2/c1-6(2)7-8(13-3-4-18-10(11)17)14-5-15-9(7)16-12/h5-6H,3-4,12H2,1-2H3,(H2,11,17)(H2,13,14,15,16). The van der Waals surface area contributed by atoms with Crippen LogP contribution in [0.4, 0.5) is 16.4 Å². The lowest BCUT2D eigenvalue weighted by molar-refractivity contribution is 0.161. The summed E-state index contributed by atoms with van der Waals surface area (Å²) in [6, 6.07) is 0. The van der Waals surface area contributed by atoms with Crippen LogP contribution in [0.2, 0.25) is 0 Å². The Morgan fingerprint density at radius 1 is 1.44 bits per heavy atom. The Labute approximate surface area is 105 Å². The Hall–Kier alpha value is -2.09. The number of hydrazine groups is 1. The number of rotatable bonds is 6. The second kappa shape index (κ2) is 6.60. The number of hydrogen-bond acceptors (Lipinski definition) is 7. The summed E-state index contributed by atoms with van der Waals surface area (Å²) >= 11 is 0. The van der Waals surface area contributed by atoms with Gasteiger partial charge in [-0.2, -0.15) is 0 Å². The molecule has 1 aromatic rings. The Morgan fingerprint density at radius 2 is 2.11 bits per heavy atom. The van der Waals surface area contributed by atoms with Gasteiger partial charge in [0, 0.05) is 5.56 Å². The van der Waals surface area contributed by atoms with Crippen LogP contribution in [0, 0.1) is 0 Å². The highest BCUT2D eigenvalue weighted by atomic mass is 16.5. The van der Waals surface area contributed by atoms with Gasteiger partial charge >= 0.3 is 6.09 Å². The minimum atomic E-state index is -0.798. The number of nitrogens with two attached hydrogens (primary N) is 2. The molecule has 0 aliphatic carbocycles. The molecule has 0 radical (unpaired) electrons. The van der Waals surface area contributed by atoms with Crippen molar-refractivity contribution in [1.82, 2.24) is 9.97 Å². The monoisotopic (exact) mass is 254 g/mol. The maximum absolute atomic E-state index is 10.4. The van der Waals surface area contributed by atoms with Crippen molar-refractivity contribution < 1.29 is 9.53 Å². The molecule has 0 bridgehead atoms. The summed E-state index contributed by atoms with van der Waals surface area (Å²) in [7, 11) is 0. The van der Waals surface area contributed by atoms with Crippen molar-refractivity contribution in [3.05, 3.63) is 11.9 Å². The first kappa shape index (κ1) is 14.0. The zero-order chi connectivity index (χ0) is 13.5. The lowest BCUT2D eigenvalue weighted by Gasteiger charge is -2.16. The fourth-order valence-corrected chi connectivity index (χ4v) is 1.52. The quantitative estimate of drug-likeness (QED) is 0.328. The van der Waals surface area contributed by atoms with Gasteiger partial charge in [-0.15, -0.1) is 0 Å². The van der Waals surface area contributed by atoms with Gasteiger partial charge < -0.3 is 21.2 Å². The van der Waals surface area contributed by atoms with Gasteiger partial charge in [0.1, 0.15) is 24.6 Å². The van der Waals surface area contributed by atoms with Crippen molar-refractivity contribution in [2.75, 3.05) is 23.9 Å². The number of primary amides is 1. The van der Waals surface area contributed by atoms with E-state index >= 15 is 0 Å². The van der Waals surface area contributed by atoms with E-state index in [9.17, 15) is 4.79 Å². The number of anilines is 2. The van der Waals surface area contributed by atoms with E-state index in [2.05, 4.69) is 25.4 Å². The molecular formula is C10H18N6O2. The van der Waals surface area contributed by atoms with Crippen molar-refractivity contribution in [3.8, 4) is 0 Å². The maximum atomic E-state index is 10.4. The van der Waals surface area contributed by atoms with Crippen molar-refractivity contribution in [2.24, 2.45) is 11.6 Å². The highest BCUT2D eigenvalue weighted by Gasteiger charge is 2.13. The number of amides is 1. The number of nitrogen functional groups attached to an aromatic ring is 1. The molecule has 0 atom stereocenters. The molecule has 0 saturated heterocycles. The number of hydrogen-bond donors (Lipinski definition) is 4. The summed E-state index contributed by atoms with van der Waals surface area (Å²) in [4.78, 5) is 18.6. The molecule has 0 aliphatic rings. The molecule has 6 N–H and O–H groups in total. The predicted octanol–water partition coefficient (Wildman–Crippen LogP) is 0.393. The first-order chi connectivity index (χ1) is 8.56. The summed E-state index contributed by atoms with van der Waals surface area (Å²) in [5.74, 6) is 6.81. The second-order valence-corrected chi connectivity index (χ2v) is 3.88. The molecule has 100 valence electrons. The first-order valence-corrected chi connectivity index (χ1v) is 5.53. The lowest BCUT2D eigenvalue weighted by atomic mass is 10.0. The molecule has 1 amide bonds. The van der Waals surface area contributed by atoms with Crippen LogP contribution in [-0.4, -0.2) is 29.2 Å². The number of carbonyl (C=O) groups excluding carboxylic acids is 1. The van der Waals surface area contributed by atoms with Crippen molar-refractivity contribution >= 4 is 17.7 Å². The van der Waals surface area contributed by atoms with Gasteiger partial charge in [0.15, 0.2) is 0 Å².